The summed E-state index contributed by atoms with van der Waals surface area (Å²) in [5, 5.41) is 0. The Morgan fingerprint density at radius 2 is 1.57 bits per heavy atom. The van der Waals surface area contributed by atoms with Crippen LogP contribution in [0.2, 0.25) is 0 Å². The summed E-state index contributed by atoms with van der Waals surface area (Å²) in [6.45, 7) is 6.12. The SMILES string of the molecule is C[C-]1OC1(C)C.[Rb+]. The Bertz CT molecular complexity index is 70.5. The maximum Gasteiger partial charge on any atom is 1.00 e. The second-order valence-electron chi connectivity index (χ2n) is 2.17. The van der Waals surface area contributed by atoms with Gasteiger partial charge in [0.1, 0.15) is 0 Å². The number of hydrogen-bond acceptors (Lipinski definition) is 1. The van der Waals surface area contributed by atoms with Crippen LogP contribution in [-0.2, 0) is 4.74 Å². The molecule has 1 saturated heterocycles. The van der Waals surface area contributed by atoms with Gasteiger partial charge in [-0.2, -0.15) is 13.0 Å². The number of epoxide rings is 1. The fraction of sp³-hybridized carbons (Fsp3) is 0.800. The predicted molar refractivity (Wildman–Crippen MR) is 24.1 cm³/mol. The van der Waals surface area contributed by atoms with Crippen LogP contribution in [0.4, 0.5) is 0 Å². The minimum atomic E-state index is 0. The summed E-state index contributed by atoms with van der Waals surface area (Å²) in [5.74, 6) is 0. The Labute approximate surface area is 93.6 Å². The molecule has 36 valence electrons. The van der Waals surface area contributed by atoms with Crippen molar-refractivity contribution in [3.05, 3.63) is 6.10 Å². The molecule has 0 saturated carbocycles. The van der Waals surface area contributed by atoms with E-state index in [4.69, 9.17) is 4.74 Å². The molecule has 1 aliphatic rings. The maximum atomic E-state index is 5.02. The van der Waals surface area contributed by atoms with E-state index in [9.17, 15) is 0 Å². The molecule has 1 rings (SSSR count). The Balaban J connectivity index is 0.000000360. The van der Waals surface area contributed by atoms with Crippen molar-refractivity contribution in [1.82, 2.24) is 0 Å². The fourth-order valence-corrected chi connectivity index (χ4v) is 0.357. The smallest absolute Gasteiger partial charge is 0.564 e. The summed E-state index contributed by atoms with van der Waals surface area (Å²) in [4.78, 5) is 0. The van der Waals surface area contributed by atoms with E-state index in [2.05, 4.69) is 13.8 Å². The largest absolute Gasteiger partial charge is 1.00 e. The van der Waals surface area contributed by atoms with Crippen molar-refractivity contribution in [2.75, 3.05) is 0 Å². The molecule has 1 fully saturated rings. The zero-order chi connectivity index (χ0) is 4.78. The average Bonchev–Trinajstić information content (AvgIpc) is 1.73. The Morgan fingerprint density at radius 3 is 1.57 bits per heavy atom. The zero-order valence-electron chi connectivity index (χ0n) is 5.41. The summed E-state index contributed by atoms with van der Waals surface area (Å²) in [6.07, 6.45) is 1.16. The summed E-state index contributed by atoms with van der Waals surface area (Å²) < 4.78 is 5.02. The minimum Gasteiger partial charge on any atom is -0.564 e. The van der Waals surface area contributed by atoms with Crippen molar-refractivity contribution in [2.24, 2.45) is 0 Å². The van der Waals surface area contributed by atoms with Crippen molar-refractivity contribution >= 4 is 0 Å². The molecule has 1 nitrogen and oxygen atoms in total. The monoisotopic (exact) mass is 170 g/mol. The van der Waals surface area contributed by atoms with Gasteiger partial charge in [0.2, 0.25) is 0 Å². The van der Waals surface area contributed by atoms with Gasteiger partial charge in [-0.15, -0.1) is 0 Å². The first-order chi connectivity index (χ1) is 2.63. The molecule has 0 aromatic rings. The first-order valence-electron chi connectivity index (χ1n) is 2.16. The first-order valence-corrected chi connectivity index (χ1v) is 2.16. The van der Waals surface area contributed by atoms with Crippen LogP contribution in [0.15, 0.2) is 0 Å². The third-order valence-electron chi connectivity index (χ3n) is 1.21. The number of rotatable bonds is 0. The standard InChI is InChI=1S/C5H9O.Rb/c1-4-5(2,3)6-4;/h1-3H3;/q-1;+1. The summed E-state index contributed by atoms with van der Waals surface area (Å²) in [6, 6.07) is 0. The summed E-state index contributed by atoms with van der Waals surface area (Å²) in [7, 11) is 0. The van der Waals surface area contributed by atoms with Crippen LogP contribution >= 0.6 is 0 Å². The topological polar surface area (TPSA) is 12.5 Å². The molecular formula is C5H9ORb. The molecule has 0 unspecified atom stereocenters. The average molecular weight is 171 g/mol. The third kappa shape index (κ3) is 2.23. The molecule has 0 bridgehead atoms. The molecule has 0 radical (unpaired) electrons. The van der Waals surface area contributed by atoms with Crippen LogP contribution in [0.25, 0.3) is 0 Å². The van der Waals surface area contributed by atoms with Crippen molar-refractivity contribution in [1.29, 1.82) is 0 Å². The van der Waals surface area contributed by atoms with E-state index in [-0.39, 0.29) is 63.8 Å². The first kappa shape index (κ1) is 8.77. The van der Waals surface area contributed by atoms with Gasteiger partial charge in [0, 0.05) is 0 Å². The molecule has 1 aliphatic heterocycles. The maximum absolute atomic E-state index is 5.02. The molecule has 0 atom stereocenters. The molecule has 0 aliphatic carbocycles. The summed E-state index contributed by atoms with van der Waals surface area (Å²) >= 11 is 0. The second-order valence-corrected chi connectivity index (χ2v) is 2.17. The molecule has 0 amide bonds. The quantitative estimate of drug-likeness (QED) is 0.314. The van der Waals surface area contributed by atoms with Crippen LogP contribution in [0.1, 0.15) is 20.8 Å². The van der Waals surface area contributed by atoms with Gasteiger partial charge >= 0.3 is 58.2 Å². The fourth-order valence-electron chi connectivity index (χ4n) is 0.357. The molecule has 0 aromatic carbocycles. The molecule has 2 heteroatoms. The van der Waals surface area contributed by atoms with E-state index >= 15 is 0 Å². The van der Waals surface area contributed by atoms with Crippen LogP contribution < -0.4 is 58.2 Å². The van der Waals surface area contributed by atoms with Gasteiger partial charge in [-0.05, 0) is 0 Å². The van der Waals surface area contributed by atoms with Crippen LogP contribution in [0.3, 0.4) is 0 Å². The van der Waals surface area contributed by atoms with Crippen molar-refractivity contribution in [3.63, 3.8) is 0 Å². The summed E-state index contributed by atoms with van der Waals surface area (Å²) in [5.41, 5.74) is 0.125. The molecule has 0 spiro atoms. The van der Waals surface area contributed by atoms with E-state index < -0.39 is 0 Å². The normalized spacial score (nSPS) is 26.1. The van der Waals surface area contributed by atoms with Crippen LogP contribution in [0.5, 0.6) is 0 Å². The Kier molecular flexibility index (Phi) is 3.21. The van der Waals surface area contributed by atoms with E-state index in [1.165, 1.54) is 0 Å². The van der Waals surface area contributed by atoms with Crippen molar-refractivity contribution in [2.45, 2.75) is 26.4 Å². The minimum absolute atomic E-state index is 0. The van der Waals surface area contributed by atoms with Gasteiger partial charge < -0.3 is 4.74 Å². The molecular weight excluding hydrogens is 162 g/mol. The van der Waals surface area contributed by atoms with Crippen molar-refractivity contribution in [3.8, 4) is 0 Å². The van der Waals surface area contributed by atoms with Gasteiger partial charge in [0.15, 0.2) is 0 Å². The van der Waals surface area contributed by atoms with Gasteiger partial charge in [-0.3, -0.25) is 0 Å². The van der Waals surface area contributed by atoms with Crippen LogP contribution in [0, 0.1) is 6.10 Å². The third-order valence-corrected chi connectivity index (χ3v) is 1.21. The molecule has 1 heterocycles. The second kappa shape index (κ2) is 2.57. The Morgan fingerprint density at radius 1 is 1.43 bits per heavy atom. The number of hydrogen-bond donors (Lipinski definition) is 0. The number of ether oxygens (including phenoxy) is 1. The molecule has 7 heavy (non-hydrogen) atoms. The van der Waals surface area contributed by atoms with Crippen molar-refractivity contribution < 1.29 is 62.9 Å². The van der Waals surface area contributed by atoms with Gasteiger partial charge in [-0.1, -0.05) is 19.4 Å². The molecule has 0 aromatic heterocycles. The van der Waals surface area contributed by atoms with Gasteiger partial charge in [0.25, 0.3) is 0 Å². The van der Waals surface area contributed by atoms with Crippen LogP contribution in [-0.4, -0.2) is 5.60 Å². The van der Waals surface area contributed by atoms with E-state index in [0.717, 1.165) is 6.10 Å². The van der Waals surface area contributed by atoms with E-state index in [0.29, 0.717) is 0 Å². The van der Waals surface area contributed by atoms with Gasteiger partial charge in [0.05, 0.1) is 0 Å². The Hall–Kier alpha value is 1.77. The zero-order valence-corrected chi connectivity index (χ0v) is 10.3. The predicted octanol–water partition coefficient (Wildman–Crippen LogP) is -1.65. The van der Waals surface area contributed by atoms with E-state index in [1.54, 1.807) is 0 Å². The van der Waals surface area contributed by atoms with Gasteiger partial charge in [-0.25, -0.2) is 0 Å². The van der Waals surface area contributed by atoms with E-state index in [1.807, 2.05) is 6.92 Å². The molecule has 0 N–H and O–H groups in total.